The maximum Gasteiger partial charge on any atom is 0.125 e. The first-order chi connectivity index (χ1) is 10.3. The summed E-state index contributed by atoms with van der Waals surface area (Å²) in [5, 5.41) is 5.53. The quantitative estimate of drug-likeness (QED) is 0.702. The Morgan fingerprint density at radius 3 is 1.76 bits per heavy atom. The van der Waals surface area contributed by atoms with Crippen LogP contribution >= 0.6 is 0 Å². The van der Waals surface area contributed by atoms with Crippen molar-refractivity contribution in [2.24, 2.45) is 10.4 Å². The highest BCUT2D eigenvalue weighted by Crippen LogP contribution is 2.15. The number of rotatable bonds is 6. The average molecular weight is 286 g/mol. The summed E-state index contributed by atoms with van der Waals surface area (Å²) in [6.07, 6.45) is 16.8. The van der Waals surface area contributed by atoms with Crippen LogP contribution in [0.2, 0.25) is 0 Å². The van der Waals surface area contributed by atoms with Crippen LogP contribution in [0.5, 0.6) is 0 Å². The smallest absolute Gasteiger partial charge is 0.125 e. The van der Waals surface area contributed by atoms with Crippen molar-refractivity contribution in [2.45, 2.75) is 0 Å². The minimum Gasteiger partial charge on any atom is -0.340 e. The number of allylic oxidation sites excluding steroid dienone is 6. The lowest BCUT2D eigenvalue weighted by molar-refractivity contribution is 0.0242. The van der Waals surface area contributed by atoms with Crippen LogP contribution in [0.25, 0.3) is 0 Å². The fraction of sp³-hybridized carbons (Fsp3) is 0.143. The first-order valence-corrected chi connectivity index (χ1v) is 6.21. The Kier molecular flexibility index (Phi) is 5.36. The van der Waals surface area contributed by atoms with Crippen LogP contribution in [0.15, 0.2) is 83.0 Å². The zero-order chi connectivity index (χ0) is 14.9. The molecule has 0 bridgehead atoms. The van der Waals surface area contributed by atoms with Gasteiger partial charge in [-0.15, -0.1) is 9.81 Å². The highest BCUT2D eigenvalue weighted by atomic mass is 16.5. The Bertz CT molecular complexity index is 523. The van der Waals surface area contributed by atoms with E-state index in [9.17, 15) is 9.81 Å². The summed E-state index contributed by atoms with van der Waals surface area (Å²) in [6.45, 7) is 0.496. The normalized spacial score (nSPS) is 20.6. The number of hydrogen-bond donors (Lipinski definition) is 0. The molecular formula is C14H14N4O3. The summed E-state index contributed by atoms with van der Waals surface area (Å²) in [4.78, 5) is 24.1. The molecule has 0 amide bonds. The van der Waals surface area contributed by atoms with Gasteiger partial charge in [-0.25, -0.2) is 0 Å². The van der Waals surface area contributed by atoms with Crippen molar-refractivity contribution in [3.63, 3.8) is 0 Å². The van der Waals surface area contributed by atoms with Crippen LogP contribution in [-0.4, -0.2) is 23.3 Å². The molecule has 2 aliphatic heterocycles. The molecule has 0 saturated carbocycles. The number of hydrogen-bond acceptors (Lipinski definition) is 7. The Balaban J connectivity index is 1.89. The number of ether oxygens (including phenoxy) is 1. The molecule has 2 rings (SSSR count). The lowest BCUT2D eigenvalue weighted by Gasteiger charge is -2.26. The predicted molar refractivity (Wildman–Crippen MR) is 78.8 cm³/mol. The summed E-state index contributed by atoms with van der Waals surface area (Å²) < 4.78 is 5.58. The first kappa shape index (κ1) is 14.6. The third kappa shape index (κ3) is 4.08. The third-order valence-corrected chi connectivity index (χ3v) is 2.78. The molecule has 7 heteroatoms. The lowest BCUT2D eigenvalue weighted by atomic mass is 10.3. The van der Waals surface area contributed by atoms with Gasteiger partial charge < -0.3 is 14.5 Å². The zero-order valence-corrected chi connectivity index (χ0v) is 11.2. The monoisotopic (exact) mass is 286 g/mol. The fourth-order valence-electron chi connectivity index (χ4n) is 1.79. The predicted octanol–water partition coefficient (Wildman–Crippen LogP) is 2.90. The molecule has 0 radical (unpaired) electrons. The van der Waals surface area contributed by atoms with Crippen LogP contribution in [-0.2, 0) is 4.74 Å². The maximum atomic E-state index is 10.3. The van der Waals surface area contributed by atoms with E-state index < -0.39 is 0 Å². The number of nitrogens with zero attached hydrogens (tertiary/aromatic N) is 4. The molecule has 0 saturated heterocycles. The standard InChI is InChI=1S/C14H14N4O3/c19-15-9-13-5-1-3-7-17(13)11-21-12-18-8-4-2-6-14(18)10-16-20/h1-10H,11-12H2/b13-9-,14-10-. The van der Waals surface area contributed by atoms with E-state index in [1.807, 2.05) is 24.3 Å². The van der Waals surface area contributed by atoms with Crippen molar-refractivity contribution < 1.29 is 4.74 Å². The molecule has 108 valence electrons. The van der Waals surface area contributed by atoms with Crippen molar-refractivity contribution in [1.82, 2.24) is 9.80 Å². The van der Waals surface area contributed by atoms with Crippen molar-refractivity contribution in [2.75, 3.05) is 13.5 Å². The van der Waals surface area contributed by atoms with Gasteiger partial charge in [0.2, 0.25) is 0 Å². The van der Waals surface area contributed by atoms with Gasteiger partial charge in [0.25, 0.3) is 0 Å². The first-order valence-electron chi connectivity index (χ1n) is 6.21. The van der Waals surface area contributed by atoms with Gasteiger partial charge in [0.05, 0.1) is 23.8 Å². The van der Waals surface area contributed by atoms with Crippen LogP contribution in [0.4, 0.5) is 0 Å². The van der Waals surface area contributed by atoms with E-state index in [2.05, 4.69) is 10.4 Å². The Labute approximate surface area is 121 Å². The second kappa shape index (κ2) is 7.71. The highest BCUT2D eigenvalue weighted by Gasteiger charge is 2.10. The molecule has 0 aromatic heterocycles. The maximum absolute atomic E-state index is 10.3. The summed E-state index contributed by atoms with van der Waals surface area (Å²) in [5.74, 6) is 0. The van der Waals surface area contributed by atoms with Gasteiger partial charge >= 0.3 is 0 Å². The number of nitroso groups, excluding NO2 is 2. The highest BCUT2D eigenvalue weighted by molar-refractivity contribution is 5.28. The second-order valence-corrected chi connectivity index (χ2v) is 4.12. The summed E-state index contributed by atoms with van der Waals surface area (Å²) >= 11 is 0. The minimum absolute atomic E-state index is 0.248. The van der Waals surface area contributed by atoms with E-state index in [-0.39, 0.29) is 13.5 Å². The average Bonchev–Trinajstić information content (AvgIpc) is 2.51. The molecule has 0 fully saturated rings. The van der Waals surface area contributed by atoms with Gasteiger partial charge in [-0.05, 0) is 34.7 Å². The molecule has 21 heavy (non-hydrogen) atoms. The molecule has 0 aliphatic carbocycles. The third-order valence-electron chi connectivity index (χ3n) is 2.78. The fourth-order valence-corrected chi connectivity index (χ4v) is 1.79. The molecule has 0 atom stereocenters. The molecule has 0 aromatic rings. The van der Waals surface area contributed by atoms with Gasteiger partial charge in [-0.3, -0.25) is 0 Å². The SMILES string of the molecule is O=N/C=C1/C=CC=CN1COCN1C=CC=C/C1=C/N=O. The van der Waals surface area contributed by atoms with Crippen molar-refractivity contribution in [3.05, 3.63) is 82.5 Å². The Morgan fingerprint density at radius 1 is 0.857 bits per heavy atom. The Hall–Kier alpha value is -2.80. The zero-order valence-electron chi connectivity index (χ0n) is 11.2. The van der Waals surface area contributed by atoms with E-state index in [4.69, 9.17) is 4.74 Å². The van der Waals surface area contributed by atoms with E-state index in [0.717, 1.165) is 0 Å². The summed E-state index contributed by atoms with van der Waals surface area (Å²) in [6, 6.07) is 0. The van der Waals surface area contributed by atoms with Crippen molar-refractivity contribution in [3.8, 4) is 0 Å². The van der Waals surface area contributed by atoms with Crippen molar-refractivity contribution in [1.29, 1.82) is 0 Å². The minimum atomic E-state index is 0.248. The van der Waals surface area contributed by atoms with Crippen LogP contribution in [0, 0.1) is 9.81 Å². The van der Waals surface area contributed by atoms with E-state index in [0.29, 0.717) is 11.4 Å². The van der Waals surface area contributed by atoms with E-state index >= 15 is 0 Å². The molecule has 0 N–H and O–H groups in total. The van der Waals surface area contributed by atoms with Gasteiger partial charge in [-0.1, -0.05) is 12.2 Å². The molecule has 2 heterocycles. The van der Waals surface area contributed by atoms with Crippen LogP contribution in [0.1, 0.15) is 0 Å². The summed E-state index contributed by atoms with van der Waals surface area (Å²) in [7, 11) is 0. The molecule has 0 spiro atoms. The largest absolute Gasteiger partial charge is 0.340 e. The molecule has 0 unspecified atom stereocenters. The Morgan fingerprint density at radius 2 is 1.33 bits per heavy atom. The van der Waals surface area contributed by atoms with E-state index in [1.54, 1.807) is 34.4 Å². The van der Waals surface area contributed by atoms with Gasteiger partial charge in [0.1, 0.15) is 13.5 Å². The van der Waals surface area contributed by atoms with Gasteiger partial charge in [-0.2, -0.15) is 0 Å². The molecular weight excluding hydrogens is 272 g/mol. The van der Waals surface area contributed by atoms with Crippen LogP contribution in [0.3, 0.4) is 0 Å². The van der Waals surface area contributed by atoms with Crippen molar-refractivity contribution >= 4 is 0 Å². The lowest BCUT2D eigenvalue weighted by Crippen LogP contribution is -2.26. The topological polar surface area (TPSA) is 74.6 Å². The molecule has 7 nitrogen and oxygen atoms in total. The van der Waals surface area contributed by atoms with E-state index in [1.165, 1.54) is 12.4 Å². The molecule has 0 aromatic carbocycles. The molecule has 2 aliphatic rings. The van der Waals surface area contributed by atoms with Crippen LogP contribution < -0.4 is 0 Å². The summed E-state index contributed by atoms with van der Waals surface area (Å²) in [5.41, 5.74) is 1.29. The van der Waals surface area contributed by atoms with Gasteiger partial charge in [0.15, 0.2) is 0 Å². The van der Waals surface area contributed by atoms with Gasteiger partial charge in [0, 0.05) is 12.4 Å². The second-order valence-electron chi connectivity index (χ2n) is 4.12.